The number of hydrogen-bond donors (Lipinski definition) is 1. The zero-order chi connectivity index (χ0) is 15.1. The van der Waals surface area contributed by atoms with Gasteiger partial charge in [0.1, 0.15) is 5.75 Å². The van der Waals surface area contributed by atoms with Gasteiger partial charge in [-0.15, -0.1) is 0 Å². The van der Waals surface area contributed by atoms with E-state index in [-0.39, 0.29) is 5.97 Å². The first-order valence-electron chi connectivity index (χ1n) is 7.11. The van der Waals surface area contributed by atoms with Crippen molar-refractivity contribution >= 4 is 5.97 Å². The van der Waals surface area contributed by atoms with Crippen LogP contribution >= 0.6 is 0 Å². The number of carbonyl (C=O) groups is 1. The Morgan fingerprint density at radius 1 is 1.35 bits per heavy atom. The molecule has 2 atom stereocenters. The molecule has 4 nitrogen and oxygen atoms in total. The largest absolute Gasteiger partial charge is 0.478 e. The Labute approximate surface area is 120 Å². The van der Waals surface area contributed by atoms with Crippen LogP contribution in [0.15, 0.2) is 18.2 Å². The molecule has 1 N–H and O–H groups in total. The summed E-state index contributed by atoms with van der Waals surface area (Å²) in [6, 6.07) is 5.47. The van der Waals surface area contributed by atoms with Gasteiger partial charge in [0.15, 0.2) is 6.10 Å². The molecule has 1 unspecified atom stereocenters. The maximum atomic E-state index is 11.8. The van der Waals surface area contributed by atoms with Crippen LogP contribution in [-0.4, -0.2) is 23.8 Å². The molecule has 20 heavy (non-hydrogen) atoms. The molecule has 0 radical (unpaired) electrons. The van der Waals surface area contributed by atoms with Gasteiger partial charge in [-0.25, -0.2) is 4.79 Å². The number of aliphatic hydroxyl groups excluding tert-OH is 1. The summed E-state index contributed by atoms with van der Waals surface area (Å²) in [6.45, 7) is 7.74. The molecule has 112 valence electrons. The molecule has 0 aliphatic carbocycles. The van der Waals surface area contributed by atoms with E-state index < -0.39 is 12.2 Å². The topological polar surface area (TPSA) is 55.8 Å². The van der Waals surface area contributed by atoms with Gasteiger partial charge < -0.3 is 14.6 Å². The molecule has 0 aliphatic rings. The molecule has 0 aromatic heterocycles. The minimum Gasteiger partial charge on any atom is -0.478 e. The van der Waals surface area contributed by atoms with Crippen LogP contribution < -0.4 is 4.74 Å². The smallest absolute Gasteiger partial charge is 0.347 e. The Balaban J connectivity index is 2.85. The van der Waals surface area contributed by atoms with E-state index in [9.17, 15) is 9.90 Å². The van der Waals surface area contributed by atoms with Gasteiger partial charge in [-0.3, -0.25) is 0 Å². The van der Waals surface area contributed by atoms with Crippen LogP contribution in [0.5, 0.6) is 5.75 Å². The van der Waals surface area contributed by atoms with Crippen molar-refractivity contribution in [2.45, 2.75) is 52.7 Å². The molecule has 0 bridgehead atoms. The highest BCUT2D eigenvalue weighted by molar-refractivity contribution is 5.75. The van der Waals surface area contributed by atoms with Crippen molar-refractivity contribution in [1.29, 1.82) is 0 Å². The van der Waals surface area contributed by atoms with E-state index in [1.165, 1.54) is 0 Å². The first kappa shape index (κ1) is 16.5. The Hall–Kier alpha value is -1.55. The maximum absolute atomic E-state index is 11.8. The first-order valence-corrected chi connectivity index (χ1v) is 7.11. The molecule has 0 heterocycles. The highest BCUT2D eigenvalue weighted by atomic mass is 16.6. The van der Waals surface area contributed by atoms with Crippen molar-refractivity contribution in [3.05, 3.63) is 29.3 Å². The fourth-order valence-corrected chi connectivity index (χ4v) is 1.94. The zero-order valence-corrected chi connectivity index (χ0v) is 12.7. The second-order valence-electron chi connectivity index (χ2n) is 4.85. The fraction of sp³-hybridized carbons (Fsp3) is 0.562. The lowest BCUT2D eigenvalue weighted by Crippen LogP contribution is -2.29. The number of rotatable bonds is 7. The predicted molar refractivity (Wildman–Crippen MR) is 77.8 cm³/mol. The Kier molecular flexibility index (Phi) is 6.52. The number of hydrogen-bond acceptors (Lipinski definition) is 4. The molecule has 1 aromatic rings. The number of aryl methyl sites for hydroxylation is 1. The SMILES string of the molecule is CCCC(Oc1ccc([C@H](C)O)cc1C)C(=O)OCC. The van der Waals surface area contributed by atoms with Crippen LogP contribution in [-0.2, 0) is 9.53 Å². The van der Waals surface area contributed by atoms with E-state index in [4.69, 9.17) is 9.47 Å². The third-order valence-electron chi connectivity index (χ3n) is 3.05. The molecule has 1 rings (SSSR count). The van der Waals surface area contributed by atoms with Crippen LogP contribution in [0.25, 0.3) is 0 Å². The summed E-state index contributed by atoms with van der Waals surface area (Å²) in [7, 11) is 0. The second kappa shape index (κ2) is 7.90. The fourth-order valence-electron chi connectivity index (χ4n) is 1.94. The Morgan fingerprint density at radius 3 is 2.55 bits per heavy atom. The molecule has 0 spiro atoms. The second-order valence-corrected chi connectivity index (χ2v) is 4.85. The number of carbonyl (C=O) groups excluding carboxylic acids is 1. The molecule has 0 saturated heterocycles. The van der Waals surface area contributed by atoms with Crippen molar-refractivity contribution in [3.63, 3.8) is 0 Å². The number of aliphatic hydroxyl groups is 1. The summed E-state index contributed by atoms with van der Waals surface area (Å²) < 4.78 is 10.8. The van der Waals surface area contributed by atoms with Crippen LogP contribution in [0.1, 0.15) is 50.8 Å². The van der Waals surface area contributed by atoms with Crippen molar-refractivity contribution in [3.8, 4) is 5.75 Å². The average Bonchev–Trinajstić information content (AvgIpc) is 2.40. The summed E-state index contributed by atoms with van der Waals surface area (Å²) in [5, 5.41) is 9.55. The van der Waals surface area contributed by atoms with E-state index in [0.717, 1.165) is 17.5 Å². The molecule has 0 saturated carbocycles. The van der Waals surface area contributed by atoms with Crippen LogP contribution in [0.2, 0.25) is 0 Å². The van der Waals surface area contributed by atoms with E-state index in [0.29, 0.717) is 18.8 Å². The lowest BCUT2D eigenvalue weighted by Gasteiger charge is -2.19. The van der Waals surface area contributed by atoms with Crippen molar-refractivity contribution in [1.82, 2.24) is 0 Å². The molecule has 0 amide bonds. The van der Waals surface area contributed by atoms with Crippen molar-refractivity contribution < 1.29 is 19.4 Å². The third kappa shape index (κ3) is 4.53. The molecule has 0 fully saturated rings. The maximum Gasteiger partial charge on any atom is 0.347 e. The van der Waals surface area contributed by atoms with Gasteiger partial charge >= 0.3 is 5.97 Å². The summed E-state index contributed by atoms with van der Waals surface area (Å²) >= 11 is 0. The Bertz CT molecular complexity index is 440. The van der Waals surface area contributed by atoms with Gasteiger partial charge in [0.2, 0.25) is 0 Å². The minimum atomic E-state index is -0.573. The van der Waals surface area contributed by atoms with Gasteiger partial charge in [-0.2, -0.15) is 0 Å². The molecule has 4 heteroatoms. The van der Waals surface area contributed by atoms with Crippen LogP contribution in [0, 0.1) is 6.92 Å². The quantitative estimate of drug-likeness (QED) is 0.779. The van der Waals surface area contributed by atoms with Crippen molar-refractivity contribution in [2.75, 3.05) is 6.61 Å². The van der Waals surface area contributed by atoms with Gasteiger partial charge in [0.25, 0.3) is 0 Å². The molecular formula is C16H24O4. The monoisotopic (exact) mass is 280 g/mol. The average molecular weight is 280 g/mol. The van der Waals surface area contributed by atoms with E-state index in [2.05, 4.69) is 0 Å². The standard InChI is InChI=1S/C16H24O4/c1-5-7-15(16(18)19-6-2)20-14-9-8-13(12(4)17)10-11(14)3/h8-10,12,15,17H,5-7H2,1-4H3/t12-,15?/m0/s1. The Morgan fingerprint density at radius 2 is 2.05 bits per heavy atom. The van der Waals surface area contributed by atoms with E-state index in [1.54, 1.807) is 26.0 Å². The zero-order valence-electron chi connectivity index (χ0n) is 12.7. The number of benzene rings is 1. The minimum absolute atomic E-state index is 0.326. The normalized spacial score (nSPS) is 13.7. The summed E-state index contributed by atoms with van der Waals surface area (Å²) in [6.07, 6.45) is 0.375. The lowest BCUT2D eigenvalue weighted by atomic mass is 10.1. The van der Waals surface area contributed by atoms with Gasteiger partial charge in [0, 0.05) is 0 Å². The van der Waals surface area contributed by atoms with Crippen LogP contribution in [0.3, 0.4) is 0 Å². The van der Waals surface area contributed by atoms with Gasteiger partial charge in [-0.05, 0) is 50.5 Å². The summed E-state index contributed by atoms with van der Waals surface area (Å²) in [5.41, 5.74) is 1.73. The van der Waals surface area contributed by atoms with E-state index in [1.807, 2.05) is 19.9 Å². The number of ether oxygens (including phenoxy) is 2. The highest BCUT2D eigenvalue weighted by Crippen LogP contribution is 2.24. The van der Waals surface area contributed by atoms with Gasteiger partial charge in [0.05, 0.1) is 12.7 Å². The van der Waals surface area contributed by atoms with Gasteiger partial charge in [-0.1, -0.05) is 19.4 Å². The predicted octanol–water partition coefficient (Wildman–Crippen LogP) is 3.16. The summed E-state index contributed by atoms with van der Waals surface area (Å²) in [4.78, 5) is 11.8. The molecule has 0 aliphatic heterocycles. The van der Waals surface area contributed by atoms with Crippen LogP contribution in [0.4, 0.5) is 0 Å². The molecule has 1 aromatic carbocycles. The first-order chi connectivity index (χ1) is 9.49. The van der Waals surface area contributed by atoms with E-state index >= 15 is 0 Å². The summed E-state index contributed by atoms with van der Waals surface area (Å²) in [5.74, 6) is 0.328. The number of esters is 1. The molecular weight excluding hydrogens is 256 g/mol. The lowest BCUT2D eigenvalue weighted by molar-refractivity contribution is -0.151. The third-order valence-corrected chi connectivity index (χ3v) is 3.05. The highest BCUT2D eigenvalue weighted by Gasteiger charge is 2.21. The van der Waals surface area contributed by atoms with Crippen molar-refractivity contribution in [2.24, 2.45) is 0 Å².